The Morgan fingerprint density at radius 1 is 0.938 bits per heavy atom. The second-order valence-electron chi connectivity index (χ2n) is 11.8. The molecule has 2 atom stereocenters. The van der Waals surface area contributed by atoms with E-state index in [0.717, 1.165) is 27.5 Å². The van der Waals surface area contributed by atoms with Crippen molar-refractivity contribution in [2.75, 3.05) is 33.9 Å². The van der Waals surface area contributed by atoms with Crippen molar-refractivity contribution in [3.8, 4) is 5.75 Å². The predicted octanol–water partition coefficient (Wildman–Crippen LogP) is 3.71. The minimum absolute atomic E-state index is 0.0860. The van der Waals surface area contributed by atoms with Gasteiger partial charge in [-0.15, -0.1) is 0 Å². The van der Waals surface area contributed by atoms with Gasteiger partial charge in [0.1, 0.15) is 23.8 Å². The van der Waals surface area contributed by atoms with Crippen molar-refractivity contribution >= 4 is 34.6 Å². The standard InChI is InChI=1S/C36H36FN5O6/c1-39(36(46)38-19-25-10-14-28(37)15-11-25)41-22-33(43)42-31(18-24-12-16-29(17-13-24)48-23-34(44)47-2)35(45)40(21-32(41)42)20-27-8-5-7-26-6-3-4-9-30(26)27/h3-17,31-32H,18-23H2,1-2H3,(H,38,46)/t31-,32+/m0/s1. The highest BCUT2D eigenvalue weighted by molar-refractivity contribution is 5.92. The molecule has 0 radical (unpaired) electrons. The van der Waals surface area contributed by atoms with Gasteiger partial charge in [0.05, 0.1) is 20.2 Å². The van der Waals surface area contributed by atoms with Gasteiger partial charge in [0.25, 0.3) is 0 Å². The number of piperazine rings is 1. The molecule has 248 valence electrons. The van der Waals surface area contributed by atoms with Gasteiger partial charge >= 0.3 is 12.0 Å². The maximum absolute atomic E-state index is 14.2. The quantitative estimate of drug-likeness (QED) is 0.260. The molecular weight excluding hydrogens is 617 g/mol. The van der Waals surface area contributed by atoms with Crippen LogP contribution in [0.2, 0.25) is 0 Å². The first-order valence-corrected chi connectivity index (χ1v) is 15.6. The number of rotatable bonds is 10. The van der Waals surface area contributed by atoms with Crippen LogP contribution in [0.4, 0.5) is 9.18 Å². The summed E-state index contributed by atoms with van der Waals surface area (Å²) in [6, 6.07) is 25.5. The third kappa shape index (κ3) is 6.93. The first kappa shape index (κ1) is 32.5. The van der Waals surface area contributed by atoms with Crippen LogP contribution in [-0.2, 0) is 38.6 Å². The van der Waals surface area contributed by atoms with E-state index < -0.39 is 24.2 Å². The summed E-state index contributed by atoms with van der Waals surface area (Å²) in [5.41, 5.74) is 2.49. The lowest BCUT2D eigenvalue weighted by molar-refractivity contribution is -0.157. The number of esters is 1. The van der Waals surface area contributed by atoms with Crippen molar-refractivity contribution in [3.63, 3.8) is 0 Å². The Bertz CT molecular complexity index is 1810. The predicted molar refractivity (Wildman–Crippen MR) is 175 cm³/mol. The van der Waals surface area contributed by atoms with E-state index in [1.807, 2.05) is 42.5 Å². The number of hydrogen-bond donors (Lipinski definition) is 1. The Hall–Kier alpha value is -5.49. The highest BCUT2D eigenvalue weighted by Crippen LogP contribution is 2.31. The highest BCUT2D eigenvalue weighted by Gasteiger charge is 2.51. The normalized spacial score (nSPS) is 17.7. The molecule has 12 heteroatoms. The molecule has 1 N–H and O–H groups in total. The zero-order valence-corrected chi connectivity index (χ0v) is 26.7. The second kappa shape index (κ2) is 14.1. The first-order valence-electron chi connectivity index (χ1n) is 15.6. The van der Waals surface area contributed by atoms with Crippen molar-refractivity contribution < 1.29 is 33.0 Å². The lowest BCUT2D eigenvalue weighted by Gasteiger charge is -2.46. The lowest BCUT2D eigenvalue weighted by atomic mass is 9.99. The molecule has 48 heavy (non-hydrogen) atoms. The Labute approximate surface area is 277 Å². The molecule has 4 aromatic rings. The summed E-state index contributed by atoms with van der Waals surface area (Å²) in [6.07, 6.45) is -0.363. The number of nitrogens with zero attached hydrogens (tertiary/aromatic N) is 4. The van der Waals surface area contributed by atoms with E-state index >= 15 is 0 Å². The van der Waals surface area contributed by atoms with Gasteiger partial charge in [-0.2, -0.15) is 5.01 Å². The molecule has 2 aliphatic rings. The summed E-state index contributed by atoms with van der Waals surface area (Å²) in [5.74, 6) is -0.861. The van der Waals surface area contributed by atoms with Crippen LogP contribution < -0.4 is 10.1 Å². The summed E-state index contributed by atoms with van der Waals surface area (Å²) in [7, 11) is 2.87. The zero-order valence-electron chi connectivity index (χ0n) is 26.7. The monoisotopic (exact) mass is 653 g/mol. The number of carbonyl (C=O) groups excluding carboxylic acids is 4. The van der Waals surface area contributed by atoms with E-state index in [-0.39, 0.29) is 50.3 Å². The van der Waals surface area contributed by atoms with Crippen molar-refractivity contribution in [1.29, 1.82) is 0 Å². The molecule has 0 bridgehead atoms. The first-order chi connectivity index (χ1) is 23.2. The van der Waals surface area contributed by atoms with E-state index in [1.165, 1.54) is 24.3 Å². The van der Waals surface area contributed by atoms with Crippen LogP contribution >= 0.6 is 0 Å². The van der Waals surface area contributed by atoms with E-state index in [1.54, 1.807) is 58.3 Å². The number of fused-ring (bicyclic) bond motifs is 2. The number of carbonyl (C=O) groups is 4. The summed E-state index contributed by atoms with van der Waals surface area (Å²) in [4.78, 5) is 56.0. The Kier molecular flexibility index (Phi) is 9.53. The number of amides is 4. The maximum atomic E-state index is 14.2. The van der Waals surface area contributed by atoms with Gasteiger partial charge in [-0.1, -0.05) is 66.7 Å². The van der Waals surface area contributed by atoms with Gasteiger partial charge in [-0.05, 0) is 51.7 Å². The fraction of sp³-hybridized carbons (Fsp3) is 0.278. The molecule has 2 fully saturated rings. The molecule has 2 heterocycles. The zero-order chi connectivity index (χ0) is 33.8. The van der Waals surface area contributed by atoms with Crippen LogP contribution in [0.15, 0.2) is 91.0 Å². The summed E-state index contributed by atoms with van der Waals surface area (Å²) in [5, 5.41) is 7.99. The number of benzene rings is 4. The molecular formula is C36H36FN5O6. The molecule has 4 aromatic carbocycles. The third-order valence-corrected chi connectivity index (χ3v) is 8.78. The van der Waals surface area contributed by atoms with Crippen LogP contribution in [0, 0.1) is 5.82 Å². The molecule has 0 unspecified atom stereocenters. The smallest absolute Gasteiger partial charge is 0.343 e. The van der Waals surface area contributed by atoms with E-state index in [4.69, 9.17) is 4.74 Å². The second-order valence-corrected chi connectivity index (χ2v) is 11.8. The number of nitrogens with one attached hydrogen (secondary N) is 1. The van der Waals surface area contributed by atoms with Gasteiger partial charge in [0.2, 0.25) is 11.8 Å². The summed E-state index contributed by atoms with van der Waals surface area (Å²) in [6.45, 7) is 0.375. The molecule has 2 aliphatic heterocycles. The molecule has 0 saturated carbocycles. The number of hydrazine groups is 1. The number of hydrogen-bond acceptors (Lipinski definition) is 7. The van der Waals surface area contributed by atoms with Gasteiger partial charge in [-0.3, -0.25) is 14.6 Å². The largest absolute Gasteiger partial charge is 0.482 e. The third-order valence-electron chi connectivity index (χ3n) is 8.78. The van der Waals surface area contributed by atoms with Crippen LogP contribution in [-0.4, -0.2) is 89.7 Å². The van der Waals surface area contributed by atoms with Gasteiger partial charge in [-0.25, -0.2) is 14.0 Å². The Morgan fingerprint density at radius 2 is 1.65 bits per heavy atom. The molecule has 0 aromatic heterocycles. The Morgan fingerprint density at radius 3 is 2.40 bits per heavy atom. The average Bonchev–Trinajstić information content (AvgIpc) is 3.44. The fourth-order valence-corrected chi connectivity index (χ4v) is 6.24. The van der Waals surface area contributed by atoms with Crippen LogP contribution in [0.5, 0.6) is 5.75 Å². The summed E-state index contributed by atoms with van der Waals surface area (Å²) >= 11 is 0. The minimum atomic E-state index is -0.825. The van der Waals surface area contributed by atoms with Crippen molar-refractivity contribution in [3.05, 3.63) is 114 Å². The molecule has 2 saturated heterocycles. The minimum Gasteiger partial charge on any atom is -0.482 e. The van der Waals surface area contributed by atoms with Crippen LogP contribution in [0.3, 0.4) is 0 Å². The van der Waals surface area contributed by atoms with E-state index in [2.05, 4.69) is 10.1 Å². The fourth-order valence-electron chi connectivity index (χ4n) is 6.24. The molecule has 0 aliphatic carbocycles. The van der Waals surface area contributed by atoms with Crippen molar-refractivity contribution in [2.24, 2.45) is 0 Å². The average molecular weight is 654 g/mol. The SMILES string of the molecule is COC(=O)COc1ccc(C[C@H]2C(=O)N(Cc3cccc4ccccc34)C[C@H]3N2C(=O)CN3N(C)C(=O)NCc2ccc(F)cc2)cc1. The van der Waals surface area contributed by atoms with Crippen molar-refractivity contribution in [2.45, 2.75) is 31.7 Å². The molecule has 11 nitrogen and oxygen atoms in total. The Balaban J connectivity index is 1.25. The molecule has 0 spiro atoms. The topological polar surface area (TPSA) is 112 Å². The number of methoxy groups -OCH3 is 1. The van der Waals surface area contributed by atoms with E-state index in [9.17, 15) is 23.6 Å². The highest BCUT2D eigenvalue weighted by atomic mass is 19.1. The summed E-state index contributed by atoms with van der Waals surface area (Å²) < 4.78 is 23.4. The van der Waals surface area contributed by atoms with Gasteiger partial charge in [0.15, 0.2) is 6.61 Å². The number of ether oxygens (including phenoxy) is 2. The van der Waals surface area contributed by atoms with Gasteiger partial charge in [0, 0.05) is 26.6 Å². The number of urea groups is 1. The van der Waals surface area contributed by atoms with Crippen molar-refractivity contribution in [1.82, 2.24) is 25.1 Å². The van der Waals surface area contributed by atoms with Crippen LogP contribution in [0.25, 0.3) is 10.8 Å². The molecule has 4 amide bonds. The number of halogens is 1. The maximum Gasteiger partial charge on any atom is 0.343 e. The van der Waals surface area contributed by atoms with Crippen LogP contribution in [0.1, 0.15) is 16.7 Å². The van der Waals surface area contributed by atoms with Gasteiger partial charge < -0.3 is 24.6 Å². The lowest BCUT2D eigenvalue weighted by Crippen LogP contribution is -2.65. The van der Waals surface area contributed by atoms with E-state index in [0.29, 0.717) is 12.3 Å². The molecule has 6 rings (SSSR count).